The zero-order chi connectivity index (χ0) is 41.5. The third-order valence-electron chi connectivity index (χ3n) is 13.6. The summed E-state index contributed by atoms with van der Waals surface area (Å²) in [5.41, 5.74) is 21.9. The van der Waals surface area contributed by atoms with Crippen LogP contribution in [0, 0.1) is 0 Å². The summed E-state index contributed by atoms with van der Waals surface area (Å²) in [6.45, 7) is 0. The molecule has 0 bridgehead atoms. The highest BCUT2D eigenvalue weighted by Gasteiger charge is 2.51. The summed E-state index contributed by atoms with van der Waals surface area (Å²) in [6, 6.07) is 89.4. The van der Waals surface area contributed by atoms with Gasteiger partial charge >= 0.3 is 0 Å². The van der Waals surface area contributed by atoms with Crippen LogP contribution in [0.3, 0.4) is 0 Å². The van der Waals surface area contributed by atoms with Crippen molar-refractivity contribution in [3.8, 4) is 50.2 Å². The molecule has 2 aliphatic carbocycles. The van der Waals surface area contributed by atoms with E-state index in [1.807, 2.05) is 0 Å². The number of rotatable bonds is 6. The van der Waals surface area contributed by atoms with Crippen LogP contribution in [0.25, 0.3) is 72.0 Å². The first-order valence-corrected chi connectivity index (χ1v) is 21.8. The Morgan fingerprint density at radius 2 is 0.762 bits per heavy atom. The van der Waals surface area contributed by atoms with Gasteiger partial charge in [0.2, 0.25) is 0 Å². The van der Waals surface area contributed by atoms with Crippen LogP contribution in [0.1, 0.15) is 22.3 Å². The summed E-state index contributed by atoms with van der Waals surface area (Å²) in [5, 5.41) is 2.50. The van der Waals surface area contributed by atoms with Crippen molar-refractivity contribution in [3.05, 3.63) is 265 Å². The smallest absolute Gasteiger partial charge is 0.0726 e. The lowest BCUT2D eigenvalue weighted by molar-refractivity contribution is 0.792. The van der Waals surface area contributed by atoms with E-state index in [2.05, 4.69) is 252 Å². The van der Waals surface area contributed by atoms with Gasteiger partial charge in [-0.2, -0.15) is 0 Å². The fraction of sp³-hybridized carbons (Fsp3) is 0.0164. The summed E-state index contributed by atoms with van der Waals surface area (Å²) < 4.78 is 2.49. The Bertz CT molecular complexity index is 3480. The van der Waals surface area contributed by atoms with Crippen molar-refractivity contribution in [1.29, 1.82) is 0 Å². The van der Waals surface area contributed by atoms with Crippen LogP contribution < -0.4 is 4.90 Å². The van der Waals surface area contributed by atoms with E-state index in [9.17, 15) is 0 Å². The molecule has 1 spiro atoms. The van der Waals surface area contributed by atoms with Gasteiger partial charge in [0.1, 0.15) is 0 Å². The average Bonchev–Trinajstić information content (AvgIpc) is 3.96. The van der Waals surface area contributed by atoms with Gasteiger partial charge in [-0.05, 0) is 133 Å². The Kier molecular flexibility index (Phi) is 7.85. The molecule has 0 amide bonds. The molecule has 0 N–H and O–H groups in total. The number of para-hydroxylation sites is 3. The fourth-order valence-corrected chi connectivity index (χ4v) is 11.0. The molecule has 13 rings (SSSR count). The third kappa shape index (κ3) is 5.25. The molecule has 11 aromatic rings. The molecule has 2 heteroatoms. The molecule has 0 aliphatic heterocycles. The first-order chi connectivity index (χ1) is 31.3. The van der Waals surface area contributed by atoms with Gasteiger partial charge in [0.25, 0.3) is 0 Å². The standard InChI is InChI=1S/C61H40N2/c1-3-20-45(21-4-1)62(46-22-5-2-6-23-46)47-24-16-19-43(38-47)41-17-15-18-42(37-41)44-33-35-54-53-28-10-14-32-59(53)63(60(54)39-44)48-34-36-52-51-27-9-13-31-57(51)61(58(52)40-48)55-29-11-7-25-49(55)50-26-8-12-30-56(50)61/h1-40H. The van der Waals surface area contributed by atoms with Crippen LogP contribution in [0.4, 0.5) is 17.1 Å². The number of fused-ring (bicyclic) bond motifs is 13. The van der Waals surface area contributed by atoms with E-state index < -0.39 is 5.41 Å². The van der Waals surface area contributed by atoms with Crippen LogP contribution in [0.2, 0.25) is 0 Å². The van der Waals surface area contributed by atoms with Gasteiger partial charge in [0, 0.05) is 33.5 Å². The van der Waals surface area contributed by atoms with Gasteiger partial charge in [0.15, 0.2) is 0 Å². The molecule has 2 aliphatic rings. The van der Waals surface area contributed by atoms with Crippen molar-refractivity contribution in [2.45, 2.75) is 5.41 Å². The number of anilines is 3. The lowest BCUT2D eigenvalue weighted by atomic mass is 9.70. The van der Waals surface area contributed by atoms with Crippen molar-refractivity contribution in [3.63, 3.8) is 0 Å². The molecule has 10 aromatic carbocycles. The van der Waals surface area contributed by atoms with E-state index in [1.54, 1.807) is 0 Å². The molecule has 63 heavy (non-hydrogen) atoms. The highest BCUT2D eigenvalue weighted by molar-refractivity contribution is 6.10. The normalized spacial score (nSPS) is 12.9. The van der Waals surface area contributed by atoms with Crippen molar-refractivity contribution in [2.24, 2.45) is 0 Å². The first kappa shape index (κ1) is 35.5. The predicted octanol–water partition coefficient (Wildman–Crippen LogP) is 15.9. The van der Waals surface area contributed by atoms with E-state index in [4.69, 9.17) is 0 Å². The molecule has 1 aromatic heterocycles. The Hall–Kier alpha value is -8.20. The maximum atomic E-state index is 2.49. The van der Waals surface area contributed by atoms with Crippen molar-refractivity contribution >= 4 is 38.9 Å². The third-order valence-corrected chi connectivity index (χ3v) is 13.6. The molecule has 0 saturated carbocycles. The molecule has 0 fully saturated rings. The summed E-state index contributed by atoms with van der Waals surface area (Å²) >= 11 is 0. The van der Waals surface area contributed by atoms with Gasteiger partial charge in [-0.1, -0.05) is 176 Å². The number of benzene rings is 10. The maximum Gasteiger partial charge on any atom is 0.0726 e. The molecule has 2 nitrogen and oxygen atoms in total. The first-order valence-electron chi connectivity index (χ1n) is 21.8. The van der Waals surface area contributed by atoms with Crippen LogP contribution in [-0.4, -0.2) is 4.57 Å². The lowest BCUT2D eigenvalue weighted by Crippen LogP contribution is -2.26. The van der Waals surface area contributed by atoms with E-state index in [1.165, 1.54) is 88.6 Å². The Balaban J connectivity index is 0.960. The quantitative estimate of drug-likeness (QED) is 0.163. The molecule has 0 atom stereocenters. The lowest BCUT2D eigenvalue weighted by Gasteiger charge is -2.30. The molecule has 1 heterocycles. The minimum Gasteiger partial charge on any atom is -0.310 e. The second-order valence-electron chi connectivity index (χ2n) is 16.8. The van der Waals surface area contributed by atoms with E-state index in [0.29, 0.717) is 0 Å². The molecule has 0 radical (unpaired) electrons. The molecule has 0 unspecified atom stereocenters. The second kappa shape index (κ2) is 13.9. The highest BCUT2D eigenvalue weighted by Crippen LogP contribution is 2.63. The minimum absolute atomic E-state index is 0.407. The van der Waals surface area contributed by atoms with Crippen molar-refractivity contribution in [2.75, 3.05) is 4.90 Å². The zero-order valence-corrected chi connectivity index (χ0v) is 34.5. The monoisotopic (exact) mass is 800 g/mol. The molecular formula is C61H40N2. The van der Waals surface area contributed by atoms with Crippen LogP contribution in [-0.2, 0) is 5.41 Å². The number of hydrogen-bond acceptors (Lipinski definition) is 1. The highest BCUT2D eigenvalue weighted by atomic mass is 15.1. The van der Waals surface area contributed by atoms with E-state index in [-0.39, 0.29) is 0 Å². The van der Waals surface area contributed by atoms with E-state index >= 15 is 0 Å². The van der Waals surface area contributed by atoms with Gasteiger partial charge < -0.3 is 9.47 Å². The average molecular weight is 801 g/mol. The Morgan fingerprint density at radius 1 is 0.286 bits per heavy atom. The van der Waals surface area contributed by atoms with Crippen LogP contribution in [0.15, 0.2) is 243 Å². The molecule has 0 saturated heterocycles. The Morgan fingerprint density at radius 3 is 1.40 bits per heavy atom. The van der Waals surface area contributed by atoms with Gasteiger partial charge in [0.05, 0.1) is 16.4 Å². The number of nitrogens with zero attached hydrogens (tertiary/aromatic N) is 2. The fourth-order valence-electron chi connectivity index (χ4n) is 11.0. The Labute approximate surface area is 367 Å². The molecular weight excluding hydrogens is 761 g/mol. The van der Waals surface area contributed by atoms with Crippen LogP contribution in [0.5, 0.6) is 0 Å². The van der Waals surface area contributed by atoms with Gasteiger partial charge in [-0.3, -0.25) is 0 Å². The number of hydrogen-bond donors (Lipinski definition) is 0. The summed E-state index contributed by atoms with van der Waals surface area (Å²) in [6.07, 6.45) is 0. The summed E-state index contributed by atoms with van der Waals surface area (Å²) in [7, 11) is 0. The van der Waals surface area contributed by atoms with Gasteiger partial charge in [-0.25, -0.2) is 0 Å². The topological polar surface area (TPSA) is 8.17 Å². The minimum atomic E-state index is -0.407. The predicted molar refractivity (Wildman–Crippen MR) is 263 cm³/mol. The second-order valence-corrected chi connectivity index (χ2v) is 16.8. The SMILES string of the molecule is c1ccc(N(c2ccccc2)c2cccc(-c3cccc(-c4ccc5c6ccccc6n(-c6ccc7c(c6)C6(c8ccccc8-c8ccccc86)c6ccccc6-7)c5c4)c3)c2)cc1. The van der Waals surface area contributed by atoms with Crippen LogP contribution >= 0.6 is 0 Å². The van der Waals surface area contributed by atoms with Crippen molar-refractivity contribution < 1.29 is 0 Å². The molecule has 294 valence electrons. The summed E-state index contributed by atoms with van der Waals surface area (Å²) in [5.74, 6) is 0. The van der Waals surface area contributed by atoms with E-state index in [0.717, 1.165) is 22.7 Å². The number of aromatic nitrogens is 1. The maximum absolute atomic E-state index is 2.49. The zero-order valence-electron chi connectivity index (χ0n) is 34.5. The van der Waals surface area contributed by atoms with Crippen molar-refractivity contribution in [1.82, 2.24) is 4.57 Å². The van der Waals surface area contributed by atoms with Gasteiger partial charge in [-0.15, -0.1) is 0 Å². The summed E-state index contributed by atoms with van der Waals surface area (Å²) in [4.78, 5) is 2.32. The largest absolute Gasteiger partial charge is 0.310 e.